The maximum absolute atomic E-state index is 5.40. The van der Waals surface area contributed by atoms with E-state index in [1.54, 1.807) is 21.3 Å². The van der Waals surface area contributed by atoms with Gasteiger partial charge in [0.25, 0.3) is 0 Å². The van der Waals surface area contributed by atoms with Crippen molar-refractivity contribution in [1.29, 1.82) is 0 Å². The fourth-order valence-electron chi connectivity index (χ4n) is 2.35. The lowest BCUT2D eigenvalue weighted by atomic mass is 10.1. The molecule has 0 bridgehead atoms. The second kappa shape index (κ2) is 11.5. The first-order chi connectivity index (χ1) is 11.2. The van der Waals surface area contributed by atoms with Gasteiger partial charge in [-0.1, -0.05) is 36.9 Å². The Morgan fingerprint density at radius 1 is 1.04 bits per heavy atom. The molecular formula is C17H30N2O3Si. The highest BCUT2D eigenvalue weighted by molar-refractivity contribution is 6.60. The monoisotopic (exact) mass is 338 g/mol. The van der Waals surface area contributed by atoms with Crippen LogP contribution in [0.4, 0.5) is 0 Å². The van der Waals surface area contributed by atoms with Gasteiger partial charge in [-0.15, -0.1) is 0 Å². The number of rotatable bonds is 13. The number of nitrogens with one attached hydrogen (secondary N) is 2. The van der Waals surface area contributed by atoms with Crippen molar-refractivity contribution < 1.29 is 13.3 Å². The molecule has 5 nitrogen and oxygen atoms in total. The molecule has 0 unspecified atom stereocenters. The molecule has 0 amide bonds. The molecule has 0 aromatic heterocycles. The van der Waals surface area contributed by atoms with Crippen LogP contribution in [0.25, 0.3) is 6.08 Å². The van der Waals surface area contributed by atoms with Gasteiger partial charge in [-0.2, -0.15) is 0 Å². The highest BCUT2D eigenvalue weighted by Gasteiger charge is 2.36. The average Bonchev–Trinajstić information content (AvgIpc) is 2.61. The van der Waals surface area contributed by atoms with Crippen LogP contribution in [0, 0.1) is 0 Å². The van der Waals surface area contributed by atoms with Crippen LogP contribution in [0.3, 0.4) is 0 Å². The van der Waals surface area contributed by atoms with Crippen molar-refractivity contribution in [2.45, 2.75) is 19.0 Å². The molecule has 6 heteroatoms. The molecule has 0 spiro atoms. The lowest BCUT2D eigenvalue weighted by molar-refractivity contribution is 0.123. The zero-order valence-corrected chi connectivity index (χ0v) is 15.6. The summed E-state index contributed by atoms with van der Waals surface area (Å²) < 4.78 is 16.2. The largest absolute Gasteiger partial charge is 0.500 e. The third kappa shape index (κ3) is 7.39. The molecular weight excluding hydrogens is 308 g/mol. The predicted molar refractivity (Wildman–Crippen MR) is 97.3 cm³/mol. The highest BCUT2D eigenvalue weighted by Crippen LogP contribution is 2.14. The van der Waals surface area contributed by atoms with Crippen LogP contribution in [0.1, 0.15) is 17.5 Å². The maximum atomic E-state index is 5.40. The van der Waals surface area contributed by atoms with Crippen LogP contribution < -0.4 is 10.6 Å². The third-order valence-electron chi connectivity index (χ3n) is 3.76. The van der Waals surface area contributed by atoms with Gasteiger partial charge in [0.15, 0.2) is 0 Å². The van der Waals surface area contributed by atoms with Gasteiger partial charge in [-0.05, 0) is 24.1 Å². The van der Waals surface area contributed by atoms with E-state index in [0.29, 0.717) is 0 Å². The van der Waals surface area contributed by atoms with Crippen molar-refractivity contribution in [3.05, 3.63) is 42.0 Å². The van der Waals surface area contributed by atoms with Gasteiger partial charge in [0.05, 0.1) is 0 Å². The van der Waals surface area contributed by atoms with E-state index in [1.807, 2.05) is 6.08 Å². The van der Waals surface area contributed by atoms with Crippen LogP contribution in [-0.4, -0.2) is 49.8 Å². The van der Waals surface area contributed by atoms with Crippen molar-refractivity contribution in [3.8, 4) is 0 Å². The van der Waals surface area contributed by atoms with E-state index < -0.39 is 8.80 Å². The first-order valence-electron chi connectivity index (χ1n) is 7.98. The summed E-state index contributed by atoms with van der Waals surface area (Å²) in [7, 11) is 2.54. The van der Waals surface area contributed by atoms with Crippen molar-refractivity contribution in [1.82, 2.24) is 10.6 Å². The molecule has 2 N–H and O–H groups in total. The Bertz CT molecular complexity index is 445. The second-order valence-electron chi connectivity index (χ2n) is 5.27. The normalized spacial score (nSPS) is 11.6. The van der Waals surface area contributed by atoms with Gasteiger partial charge in [0.1, 0.15) is 0 Å². The number of hydrogen-bond donors (Lipinski definition) is 2. The minimum atomic E-state index is -2.41. The van der Waals surface area contributed by atoms with Crippen LogP contribution in [0.5, 0.6) is 0 Å². The molecule has 1 rings (SSSR count). The summed E-state index contributed by atoms with van der Waals surface area (Å²) in [6.45, 7) is 7.46. The SMILES string of the molecule is C=Cc1cccc(CNCCNCCC[Si](OC)(OC)OC)c1. The summed E-state index contributed by atoms with van der Waals surface area (Å²) in [4.78, 5) is 0. The molecule has 0 saturated heterocycles. The zero-order chi connectivity index (χ0) is 17.0. The molecule has 0 fully saturated rings. The Morgan fingerprint density at radius 3 is 2.39 bits per heavy atom. The second-order valence-corrected chi connectivity index (χ2v) is 8.37. The maximum Gasteiger partial charge on any atom is 0.500 e. The Labute approximate surface area is 141 Å². The minimum absolute atomic E-state index is 0.825. The molecule has 0 radical (unpaired) electrons. The Kier molecular flexibility index (Phi) is 10.0. The van der Waals surface area contributed by atoms with Crippen LogP contribution in [-0.2, 0) is 19.8 Å². The molecule has 0 aliphatic carbocycles. The molecule has 0 aliphatic rings. The lowest BCUT2D eigenvalue weighted by Gasteiger charge is -2.24. The van der Waals surface area contributed by atoms with Crippen molar-refractivity contribution in [3.63, 3.8) is 0 Å². The van der Waals surface area contributed by atoms with Crippen molar-refractivity contribution in [2.75, 3.05) is 41.0 Å². The Balaban J connectivity index is 2.08. The van der Waals surface area contributed by atoms with E-state index in [-0.39, 0.29) is 0 Å². The summed E-state index contributed by atoms with van der Waals surface area (Å²) in [5.41, 5.74) is 2.43. The quantitative estimate of drug-likeness (QED) is 0.427. The molecule has 130 valence electrons. The number of benzene rings is 1. The standard InChI is InChI=1S/C17H30N2O3Si/c1-5-16-8-6-9-17(14-16)15-19-12-11-18-10-7-13-23(20-2,21-3)22-4/h5-6,8-9,14,18-19H,1,7,10-13,15H2,2-4H3. The molecule has 1 aromatic carbocycles. The van der Waals surface area contributed by atoms with Gasteiger partial charge in [0, 0.05) is 47.0 Å². The summed E-state index contributed by atoms with van der Waals surface area (Å²) in [6.07, 6.45) is 2.84. The Hall–Kier alpha value is -1.02. The third-order valence-corrected chi connectivity index (χ3v) is 6.60. The topological polar surface area (TPSA) is 51.8 Å². The van der Waals surface area contributed by atoms with Gasteiger partial charge in [0.2, 0.25) is 0 Å². The van der Waals surface area contributed by atoms with Crippen LogP contribution >= 0.6 is 0 Å². The molecule has 1 aromatic rings. The minimum Gasteiger partial charge on any atom is -0.377 e. The molecule has 0 aliphatic heterocycles. The lowest BCUT2D eigenvalue weighted by Crippen LogP contribution is -2.43. The van der Waals surface area contributed by atoms with E-state index in [1.165, 1.54) is 5.56 Å². The van der Waals surface area contributed by atoms with Crippen LogP contribution in [0.15, 0.2) is 30.8 Å². The zero-order valence-electron chi connectivity index (χ0n) is 14.6. The first kappa shape index (κ1) is 20.0. The fourth-order valence-corrected chi connectivity index (χ4v) is 4.07. The summed E-state index contributed by atoms with van der Waals surface area (Å²) >= 11 is 0. The van der Waals surface area contributed by atoms with Gasteiger partial charge < -0.3 is 23.9 Å². The van der Waals surface area contributed by atoms with Gasteiger partial charge in [-0.3, -0.25) is 0 Å². The molecule has 0 heterocycles. The first-order valence-corrected chi connectivity index (χ1v) is 9.91. The summed E-state index contributed by atoms with van der Waals surface area (Å²) in [5, 5.41) is 6.85. The van der Waals surface area contributed by atoms with Gasteiger partial charge >= 0.3 is 8.80 Å². The van der Waals surface area contributed by atoms with Crippen molar-refractivity contribution in [2.24, 2.45) is 0 Å². The summed E-state index contributed by atoms with van der Waals surface area (Å²) in [5.74, 6) is 0. The van der Waals surface area contributed by atoms with E-state index in [9.17, 15) is 0 Å². The number of hydrogen-bond acceptors (Lipinski definition) is 5. The van der Waals surface area contributed by atoms with E-state index in [2.05, 4.69) is 41.5 Å². The fraction of sp³-hybridized carbons (Fsp3) is 0.529. The van der Waals surface area contributed by atoms with Gasteiger partial charge in [-0.25, -0.2) is 0 Å². The molecule has 0 saturated carbocycles. The van der Waals surface area contributed by atoms with E-state index in [0.717, 1.165) is 44.2 Å². The Morgan fingerprint density at radius 2 is 1.74 bits per heavy atom. The molecule has 23 heavy (non-hydrogen) atoms. The smallest absolute Gasteiger partial charge is 0.377 e. The predicted octanol–water partition coefficient (Wildman–Crippen LogP) is 2.28. The van der Waals surface area contributed by atoms with Crippen LogP contribution in [0.2, 0.25) is 6.04 Å². The molecule has 0 atom stereocenters. The highest BCUT2D eigenvalue weighted by atomic mass is 28.4. The van der Waals surface area contributed by atoms with Crippen molar-refractivity contribution >= 4 is 14.9 Å². The summed E-state index contributed by atoms with van der Waals surface area (Å²) in [6, 6.07) is 9.21. The van der Waals surface area contributed by atoms with E-state index in [4.69, 9.17) is 13.3 Å². The average molecular weight is 339 g/mol. The van der Waals surface area contributed by atoms with E-state index >= 15 is 0 Å².